The van der Waals surface area contributed by atoms with Gasteiger partial charge in [-0.15, -0.1) is 0 Å². The van der Waals surface area contributed by atoms with Crippen LogP contribution >= 0.6 is 0 Å². The molecule has 1 amide bonds. The zero-order valence-corrected chi connectivity index (χ0v) is 17.1. The van der Waals surface area contributed by atoms with E-state index in [1.807, 2.05) is 6.92 Å². The molecule has 3 rings (SSSR count). The number of ketones is 1. The first-order chi connectivity index (χ1) is 13.2. The fourth-order valence-electron chi connectivity index (χ4n) is 4.85. The maximum Gasteiger partial charge on any atom is 0.225 e. The van der Waals surface area contributed by atoms with E-state index in [1.165, 1.54) is 26.1 Å². The second kappa shape index (κ2) is 10.5. The highest BCUT2D eigenvalue weighted by Crippen LogP contribution is 2.31. The third kappa shape index (κ3) is 6.00. The van der Waals surface area contributed by atoms with E-state index in [4.69, 9.17) is 0 Å². The summed E-state index contributed by atoms with van der Waals surface area (Å²) < 4.78 is 0. The molecule has 2 aliphatic heterocycles. The fraction of sp³-hybridized carbons (Fsp3) is 0.905. The summed E-state index contributed by atoms with van der Waals surface area (Å²) in [6.07, 6.45) is 5.49. The number of carbonyl (C=O) groups excluding carboxylic acids is 2. The van der Waals surface area contributed by atoms with Crippen molar-refractivity contribution in [2.75, 3.05) is 65.4 Å². The number of nitrogens with zero attached hydrogens (tertiary/aromatic N) is 3. The Morgan fingerprint density at radius 2 is 1.37 bits per heavy atom. The summed E-state index contributed by atoms with van der Waals surface area (Å²) in [6.45, 7) is 12.7. The Morgan fingerprint density at radius 3 is 1.96 bits per heavy atom. The van der Waals surface area contributed by atoms with Gasteiger partial charge in [-0.05, 0) is 45.2 Å². The lowest BCUT2D eigenvalue weighted by Crippen LogP contribution is -2.51. The fourth-order valence-corrected chi connectivity index (χ4v) is 4.85. The van der Waals surface area contributed by atoms with E-state index >= 15 is 0 Å². The quantitative estimate of drug-likeness (QED) is 0.722. The number of hydrogen-bond acceptors (Lipinski definition) is 5. The molecule has 0 aromatic carbocycles. The second-order valence-electron chi connectivity index (χ2n) is 8.48. The van der Waals surface area contributed by atoms with Gasteiger partial charge in [0.1, 0.15) is 5.78 Å². The maximum absolute atomic E-state index is 12.8. The van der Waals surface area contributed by atoms with Gasteiger partial charge in [0.05, 0.1) is 0 Å². The van der Waals surface area contributed by atoms with Crippen LogP contribution in [0.2, 0.25) is 0 Å². The zero-order chi connectivity index (χ0) is 19.1. The van der Waals surface area contributed by atoms with Crippen molar-refractivity contribution in [2.24, 2.45) is 11.8 Å². The van der Waals surface area contributed by atoms with Gasteiger partial charge in [0, 0.05) is 70.6 Å². The number of rotatable bonds is 7. The van der Waals surface area contributed by atoms with Crippen molar-refractivity contribution in [3.63, 3.8) is 0 Å². The first-order valence-corrected chi connectivity index (χ1v) is 11.1. The van der Waals surface area contributed by atoms with E-state index in [9.17, 15) is 9.59 Å². The van der Waals surface area contributed by atoms with Crippen LogP contribution < -0.4 is 5.32 Å². The normalized spacial score (nSPS) is 28.3. The highest BCUT2D eigenvalue weighted by Gasteiger charge is 2.32. The highest BCUT2D eigenvalue weighted by atomic mass is 16.2. The van der Waals surface area contributed by atoms with Crippen LogP contribution in [0.15, 0.2) is 0 Å². The second-order valence-corrected chi connectivity index (χ2v) is 8.48. The van der Waals surface area contributed by atoms with Gasteiger partial charge < -0.3 is 15.1 Å². The third-order valence-electron chi connectivity index (χ3n) is 6.72. The minimum Gasteiger partial charge on any atom is -0.340 e. The van der Waals surface area contributed by atoms with E-state index in [0.29, 0.717) is 18.1 Å². The highest BCUT2D eigenvalue weighted by molar-refractivity contribution is 5.82. The smallest absolute Gasteiger partial charge is 0.225 e. The summed E-state index contributed by atoms with van der Waals surface area (Å²) in [5.74, 6) is 1.10. The Bertz CT molecular complexity index is 477. The summed E-state index contributed by atoms with van der Waals surface area (Å²) in [7, 11) is 0. The number of amides is 1. The van der Waals surface area contributed by atoms with Crippen molar-refractivity contribution in [1.82, 2.24) is 20.0 Å². The summed E-state index contributed by atoms with van der Waals surface area (Å²) in [6, 6.07) is 0. The maximum atomic E-state index is 12.8. The van der Waals surface area contributed by atoms with E-state index in [0.717, 1.165) is 71.5 Å². The van der Waals surface area contributed by atoms with Crippen LogP contribution in [-0.4, -0.2) is 91.8 Å². The van der Waals surface area contributed by atoms with Gasteiger partial charge in [0.25, 0.3) is 0 Å². The summed E-state index contributed by atoms with van der Waals surface area (Å²) in [5, 5.41) is 3.40. The van der Waals surface area contributed by atoms with Crippen LogP contribution in [0, 0.1) is 11.8 Å². The van der Waals surface area contributed by atoms with E-state index in [-0.39, 0.29) is 11.8 Å². The lowest BCUT2D eigenvalue weighted by atomic mass is 9.79. The van der Waals surface area contributed by atoms with Crippen LogP contribution in [0.25, 0.3) is 0 Å². The Hall–Kier alpha value is -0.980. The third-order valence-corrected chi connectivity index (χ3v) is 6.72. The summed E-state index contributed by atoms with van der Waals surface area (Å²) >= 11 is 0. The molecular formula is C21H38N4O2. The van der Waals surface area contributed by atoms with Crippen LogP contribution in [0.1, 0.15) is 45.4 Å². The number of hydrogen-bond donors (Lipinski definition) is 1. The number of Topliss-reactive ketones (excluding diaryl/α,β-unsaturated/α-hetero) is 1. The molecular weight excluding hydrogens is 340 g/mol. The van der Waals surface area contributed by atoms with Crippen molar-refractivity contribution in [1.29, 1.82) is 0 Å². The Kier molecular flexibility index (Phi) is 8.09. The molecule has 0 spiro atoms. The SMILES string of the molecule is CCC(=O)C1CCC(C(=O)N2CCN(CCCN3CCNCC3)CC2)CC1. The first kappa shape index (κ1) is 20.7. The predicted octanol–water partition coefficient (Wildman–Crippen LogP) is 1.21. The molecule has 1 saturated carbocycles. The molecule has 3 fully saturated rings. The minimum absolute atomic E-state index is 0.158. The lowest BCUT2D eigenvalue weighted by molar-refractivity contribution is -0.139. The van der Waals surface area contributed by atoms with Crippen molar-refractivity contribution in [2.45, 2.75) is 45.4 Å². The number of piperazine rings is 2. The minimum atomic E-state index is 0.158. The van der Waals surface area contributed by atoms with Gasteiger partial charge in [0.2, 0.25) is 5.91 Å². The van der Waals surface area contributed by atoms with Gasteiger partial charge in [-0.25, -0.2) is 0 Å². The van der Waals surface area contributed by atoms with Gasteiger partial charge in [0.15, 0.2) is 0 Å². The average molecular weight is 379 g/mol. The van der Waals surface area contributed by atoms with Crippen LogP contribution in [0.5, 0.6) is 0 Å². The lowest BCUT2D eigenvalue weighted by Gasteiger charge is -2.38. The molecule has 6 nitrogen and oxygen atoms in total. The molecule has 0 aromatic heterocycles. The molecule has 6 heteroatoms. The molecule has 0 bridgehead atoms. The zero-order valence-electron chi connectivity index (χ0n) is 17.1. The molecule has 0 radical (unpaired) electrons. The Balaban J connectivity index is 1.31. The molecule has 2 saturated heterocycles. The van der Waals surface area contributed by atoms with Gasteiger partial charge in [-0.2, -0.15) is 0 Å². The Labute approximate surface area is 164 Å². The van der Waals surface area contributed by atoms with E-state index in [2.05, 4.69) is 20.0 Å². The molecule has 1 N–H and O–H groups in total. The average Bonchev–Trinajstić information content (AvgIpc) is 2.74. The van der Waals surface area contributed by atoms with Gasteiger partial charge in [-0.1, -0.05) is 6.92 Å². The van der Waals surface area contributed by atoms with Crippen molar-refractivity contribution < 1.29 is 9.59 Å². The van der Waals surface area contributed by atoms with Crippen LogP contribution in [0.3, 0.4) is 0 Å². The molecule has 1 aliphatic carbocycles. The van der Waals surface area contributed by atoms with Crippen LogP contribution in [0.4, 0.5) is 0 Å². The van der Waals surface area contributed by atoms with E-state index in [1.54, 1.807) is 0 Å². The molecule has 154 valence electrons. The topological polar surface area (TPSA) is 55.9 Å². The largest absolute Gasteiger partial charge is 0.340 e. The summed E-state index contributed by atoms with van der Waals surface area (Å²) in [5.41, 5.74) is 0. The van der Waals surface area contributed by atoms with Gasteiger partial charge >= 0.3 is 0 Å². The standard InChI is InChI=1S/C21H38N4O2/c1-2-20(26)18-4-6-19(7-5-18)21(27)25-16-14-24(15-17-25)11-3-10-23-12-8-22-9-13-23/h18-19,22H,2-17H2,1H3. The van der Waals surface area contributed by atoms with Gasteiger partial charge in [-0.3, -0.25) is 14.5 Å². The number of carbonyl (C=O) groups is 2. The number of nitrogens with one attached hydrogen (secondary N) is 1. The van der Waals surface area contributed by atoms with Crippen molar-refractivity contribution in [3.8, 4) is 0 Å². The molecule has 0 atom stereocenters. The molecule has 3 aliphatic rings. The van der Waals surface area contributed by atoms with Crippen molar-refractivity contribution in [3.05, 3.63) is 0 Å². The molecule has 0 unspecified atom stereocenters. The first-order valence-electron chi connectivity index (χ1n) is 11.1. The van der Waals surface area contributed by atoms with E-state index < -0.39 is 0 Å². The molecule has 2 heterocycles. The Morgan fingerprint density at radius 1 is 0.815 bits per heavy atom. The summed E-state index contributed by atoms with van der Waals surface area (Å²) in [4.78, 5) is 31.8. The monoisotopic (exact) mass is 378 g/mol. The molecule has 27 heavy (non-hydrogen) atoms. The van der Waals surface area contributed by atoms with Crippen molar-refractivity contribution >= 4 is 11.7 Å². The predicted molar refractivity (Wildman–Crippen MR) is 108 cm³/mol. The van der Waals surface area contributed by atoms with Crippen LogP contribution in [-0.2, 0) is 9.59 Å². The molecule has 0 aromatic rings.